The van der Waals surface area contributed by atoms with Crippen LogP contribution >= 0.6 is 23.2 Å². The Bertz CT molecular complexity index is 1240. The summed E-state index contributed by atoms with van der Waals surface area (Å²) < 4.78 is 27.5. The van der Waals surface area contributed by atoms with Crippen molar-refractivity contribution in [3.8, 4) is 0 Å². The largest absolute Gasteiger partial charge is 0.358 e. The van der Waals surface area contributed by atoms with Gasteiger partial charge in [-0.1, -0.05) is 35.3 Å². The van der Waals surface area contributed by atoms with Crippen molar-refractivity contribution in [2.24, 2.45) is 0 Å². The van der Waals surface area contributed by atoms with Crippen LogP contribution < -0.4 is 0 Å². The predicted molar refractivity (Wildman–Crippen MR) is 119 cm³/mol. The van der Waals surface area contributed by atoms with Gasteiger partial charge in [-0.3, -0.25) is 0 Å². The van der Waals surface area contributed by atoms with E-state index in [-0.39, 0.29) is 16.9 Å². The molecule has 0 amide bonds. The Morgan fingerprint density at radius 3 is 2.42 bits per heavy atom. The van der Waals surface area contributed by atoms with Gasteiger partial charge in [0.2, 0.25) is 0 Å². The van der Waals surface area contributed by atoms with E-state index in [1.54, 1.807) is 6.07 Å². The van der Waals surface area contributed by atoms with E-state index in [9.17, 15) is 8.78 Å². The average Bonchev–Trinajstić information content (AvgIpc) is 3.07. The molecule has 0 radical (unpaired) electrons. The third-order valence-corrected chi connectivity index (χ3v) is 6.69. The molecule has 158 valence electrons. The Labute approximate surface area is 188 Å². The maximum atomic E-state index is 14.1. The van der Waals surface area contributed by atoms with Gasteiger partial charge in [0.25, 0.3) is 0 Å². The first kappa shape index (κ1) is 20.4. The number of rotatable bonds is 2. The number of benzene rings is 2. The van der Waals surface area contributed by atoms with Gasteiger partial charge in [0.1, 0.15) is 11.6 Å². The quantitative estimate of drug-likeness (QED) is 0.346. The smallest absolute Gasteiger partial charge is 0.159 e. The molecule has 2 heterocycles. The zero-order valence-corrected chi connectivity index (χ0v) is 18.0. The molecule has 0 bridgehead atoms. The summed E-state index contributed by atoms with van der Waals surface area (Å²) in [4.78, 5) is 11.9. The topological polar surface area (TPSA) is 41.6 Å². The van der Waals surface area contributed by atoms with Crippen molar-refractivity contribution >= 4 is 34.1 Å². The highest BCUT2D eigenvalue weighted by atomic mass is 35.5. The van der Waals surface area contributed by atoms with Crippen molar-refractivity contribution in [3.05, 3.63) is 93.1 Å². The van der Waals surface area contributed by atoms with Gasteiger partial charge in [-0.15, -0.1) is 0 Å². The van der Waals surface area contributed by atoms with Crippen LogP contribution in [-0.2, 0) is 6.42 Å². The lowest BCUT2D eigenvalue weighted by atomic mass is 9.80. The highest BCUT2D eigenvalue weighted by molar-refractivity contribution is 6.31. The molecular formula is C24H19Cl2F2N3. The first-order chi connectivity index (χ1) is 15.0. The van der Waals surface area contributed by atoms with Crippen molar-refractivity contribution in [1.82, 2.24) is 15.0 Å². The molecule has 0 saturated heterocycles. The van der Waals surface area contributed by atoms with Crippen molar-refractivity contribution in [3.63, 3.8) is 0 Å². The second kappa shape index (κ2) is 8.21. The summed E-state index contributed by atoms with van der Waals surface area (Å²) in [7, 11) is 0. The summed E-state index contributed by atoms with van der Waals surface area (Å²) >= 11 is 12.2. The molecule has 0 saturated carbocycles. The lowest BCUT2D eigenvalue weighted by Crippen LogP contribution is -2.14. The molecule has 7 heteroatoms. The Balaban J connectivity index is 1.62. The average molecular weight is 458 g/mol. The number of H-pyrrole nitrogens is 1. The van der Waals surface area contributed by atoms with Crippen LogP contribution in [0, 0.1) is 11.6 Å². The molecular weight excluding hydrogens is 439 g/mol. The maximum Gasteiger partial charge on any atom is 0.159 e. The zero-order valence-electron chi connectivity index (χ0n) is 16.5. The number of hydrogen-bond acceptors (Lipinski definition) is 2. The number of halogens is 4. The number of nitrogens with one attached hydrogen (secondary N) is 1. The fourth-order valence-electron chi connectivity index (χ4n) is 4.63. The Hall–Kier alpha value is -2.50. The summed E-state index contributed by atoms with van der Waals surface area (Å²) in [5.41, 5.74) is 4.08. The van der Waals surface area contributed by atoms with Crippen LogP contribution in [0.4, 0.5) is 8.78 Å². The van der Waals surface area contributed by atoms with Gasteiger partial charge in [-0.05, 0) is 61.1 Å². The van der Waals surface area contributed by atoms with E-state index in [0.29, 0.717) is 10.8 Å². The zero-order chi connectivity index (χ0) is 21.5. The van der Waals surface area contributed by atoms with Gasteiger partial charge in [0.05, 0.1) is 17.4 Å². The third kappa shape index (κ3) is 3.92. The number of aromatic nitrogens is 3. The van der Waals surface area contributed by atoms with Crippen LogP contribution in [0.25, 0.3) is 10.9 Å². The van der Waals surface area contributed by atoms with E-state index >= 15 is 0 Å². The van der Waals surface area contributed by atoms with Gasteiger partial charge in [-0.25, -0.2) is 18.7 Å². The molecule has 0 aliphatic heterocycles. The lowest BCUT2D eigenvalue weighted by Gasteiger charge is -2.25. The summed E-state index contributed by atoms with van der Waals surface area (Å²) in [6.45, 7) is 0. The molecule has 4 aromatic rings. The fraction of sp³-hybridized carbons (Fsp3) is 0.250. The number of aromatic amines is 1. The minimum absolute atomic E-state index is 0.0738. The van der Waals surface area contributed by atoms with Crippen LogP contribution in [0.5, 0.6) is 0 Å². The van der Waals surface area contributed by atoms with Gasteiger partial charge in [0.15, 0.2) is 5.82 Å². The number of aryl methyl sites for hydroxylation is 1. The van der Waals surface area contributed by atoms with Gasteiger partial charge < -0.3 is 4.98 Å². The molecule has 2 aromatic heterocycles. The molecule has 1 aliphatic carbocycles. The Morgan fingerprint density at radius 1 is 0.935 bits per heavy atom. The lowest BCUT2D eigenvalue weighted by molar-refractivity contribution is 0.485. The Kier molecular flexibility index (Phi) is 5.40. The van der Waals surface area contributed by atoms with Crippen LogP contribution in [-0.4, -0.2) is 15.0 Å². The highest BCUT2D eigenvalue weighted by Crippen LogP contribution is 2.42. The predicted octanol–water partition coefficient (Wildman–Crippen LogP) is 7.19. The molecule has 0 spiro atoms. The normalized spacial score (nSPS) is 19.1. The van der Waals surface area contributed by atoms with E-state index in [1.165, 1.54) is 18.5 Å². The third-order valence-electron chi connectivity index (χ3n) is 6.15. The van der Waals surface area contributed by atoms with E-state index in [0.717, 1.165) is 53.4 Å². The van der Waals surface area contributed by atoms with Crippen molar-refractivity contribution in [1.29, 1.82) is 0 Å². The molecule has 1 N–H and O–H groups in total. The number of nitrogens with zero attached hydrogens (tertiary/aromatic N) is 2. The molecule has 2 unspecified atom stereocenters. The van der Waals surface area contributed by atoms with Crippen molar-refractivity contribution in [2.45, 2.75) is 37.5 Å². The molecule has 3 nitrogen and oxygen atoms in total. The summed E-state index contributed by atoms with van der Waals surface area (Å²) in [6, 6.07) is 11.0. The van der Waals surface area contributed by atoms with Gasteiger partial charge in [-0.2, -0.15) is 0 Å². The van der Waals surface area contributed by atoms with Crippen LogP contribution in [0.1, 0.15) is 53.7 Å². The van der Waals surface area contributed by atoms with E-state index in [4.69, 9.17) is 23.2 Å². The molecule has 1 aliphatic rings. The standard InChI is InChI=1S/C24H19Cl2F2N3/c25-15-5-1-13(2-6-15)17-7-3-14(24-29-11-16(27)12-30-24)4-8-18-19-9-20(26)21(28)10-22(19)31-23(17)18/h1-2,5-6,9-12,14,17,31H,3-4,7-8H2. The Morgan fingerprint density at radius 2 is 1.68 bits per heavy atom. The maximum absolute atomic E-state index is 14.1. The molecule has 0 fully saturated rings. The van der Waals surface area contributed by atoms with E-state index < -0.39 is 11.6 Å². The second-order valence-corrected chi connectivity index (χ2v) is 8.85. The second-order valence-electron chi connectivity index (χ2n) is 8.01. The van der Waals surface area contributed by atoms with Crippen molar-refractivity contribution < 1.29 is 8.78 Å². The number of hydrogen-bond donors (Lipinski definition) is 1. The van der Waals surface area contributed by atoms with E-state index in [2.05, 4.69) is 15.0 Å². The summed E-state index contributed by atoms with van der Waals surface area (Å²) in [5.74, 6) is -0.0500. The fourth-order valence-corrected chi connectivity index (χ4v) is 4.92. The molecule has 31 heavy (non-hydrogen) atoms. The highest BCUT2D eigenvalue weighted by Gasteiger charge is 2.28. The van der Waals surface area contributed by atoms with E-state index in [1.807, 2.05) is 24.3 Å². The van der Waals surface area contributed by atoms with Crippen LogP contribution in [0.2, 0.25) is 10.0 Å². The first-order valence-electron chi connectivity index (χ1n) is 10.2. The minimum Gasteiger partial charge on any atom is -0.358 e. The van der Waals surface area contributed by atoms with Gasteiger partial charge in [0, 0.05) is 33.5 Å². The van der Waals surface area contributed by atoms with Crippen LogP contribution in [0.15, 0.2) is 48.8 Å². The summed E-state index contributed by atoms with van der Waals surface area (Å²) in [6.07, 6.45) is 5.70. The van der Waals surface area contributed by atoms with Crippen LogP contribution in [0.3, 0.4) is 0 Å². The molecule has 5 rings (SSSR count). The summed E-state index contributed by atoms with van der Waals surface area (Å²) in [5, 5.41) is 1.72. The molecule has 2 aromatic carbocycles. The molecule has 2 atom stereocenters. The first-order valence-corrected chi connectivity index (χ1v) is 11.0. The number of fused-ring (bicyclic) bond motifs is 3. The monoisotopic (exact) mass is 457 g/mol. The van der Waals surface area contributed by atoms with Gasteiger partial charge >= 0.3 is 0 Å². The SMILES string of the molecule is Fc1cnc(C2CCc3c([nH]c4cc(F)c(Cl)cc34)C(c3ccc(Cl)cc3)CC2)nc1. The minimum atomic E-state index is -0.441. The van der Waals surface area contributed by atoms with Crippen molar-refractivity contribution in [2.75, 3.05) is 0 Å².